The zero-order valence-corrected chi connectivity index (χ0v) is 24.9. The minimum atomic E-state index is -1.21. The van der Waals surface area contributed by atoms with Gasteiger partial charge in [-0.3, -0.25) is 0 Å². The predicted octanol–water partition coefficient (Wildman–Crippen LogP) is 7.01. The van der Waals surface area contributed by atoms with Crippen LogP contribution in [0.5, 0.6) is 0 Å². The van der Waals surface area contributed by atoms with E-state index in [2.05, 4.69) is 0 Å². The average Bonchev–Trinajstić information content (AvgIpc) is 3.02. The van der Waals surface area contributed by atoms with Gasteiger partial charge >= 0.3 is 0 Å². The van der Waals surface area contributed by atoms with Crippen molar-refractivity contribution in [3.05, 3.63) is 120 Å². The van der Waals surface area contributed by atoms with E-state index in [0.29, 0.717) is 33.0 Å². The van der Waals surface area contributed by atoms with Crippen LogP contribution < -0.4 is 0 Å². The fourth-order valence-electron chi connectivity index (χ4n) is 4.57. The normalized spacial score (nSPS) is 22.9. The van der Waals surface area contributed by atoms with Crippen molar-refractivity contribution in [1.82, 2.24) is 0 Å². The van der Waals surface area contributed by atoms with Gasteiger partial charge in [-0.15, -0.1) is 0 Å². The van der Waals surface area contributed by atoms with Crippen molar-refractivity contribution >= 4 is 8.38 Å². The smallest absolute Gasteiger partial charge is 0.197 e. The summed E-state index contributed by atoms with van der Waals surface area (Å²) in [5.74, 6) is 1.93. The van der Waals surface area contributed by atoms with Crippen LogP contribution in [0, 0.1) is 0 Å². The Morgan fingerprint density at radius 2 is 1.07 bits per heavy atom. The number of hydrogen-bond donors (Lipinski definition) is 0. The summed E-state index contributed by atoms with van der Waals surface area (Å²) in [5.41, 5.74) is 3.16. The first-order valence-corrected chi connectivity index (χ1v) is 15.3. The molecule has 0 unspecified atom stereocenters. The molecule has 1 aliphatic rings. The van der Waals surface area contributed by atoms with Crippen LogP contribution >= 0.6 is 8.38 Å². The van der Waals surface area contributed by atoms with Crippen LogP contribution in [0.2, 0.25) is 0 Å². The van der Waals surface area contributed by atoms with Crippen LogP contribution in [0.4, 0.5) is 0 Å². The fourth-order valence-corrected chi connectivity index (χ4v) is 5.63. The van der Waals surface area contributed by atoms with E-state index in [1.807, 2.05) is 117 Å². The summed E-state index contributed by atoms with van der Waals surface area (Å²) in [6, 6.07) is 30.2. The summed E-state index contributed by atoms with van der Waals surface area (Å²) in [6.07, 6.45) is -0.771. The molecule has 0 spiro atoms. The molecule has 1 aliphatic heterocycles. The zero-order valence-electron chi connectivity index (χ0n) is 24.0. The van der Waals surface area contributed by atoms with Crippen molar-refractivity contribution in [2.24, 2.45) is 0 Å². The first-order valence-electron chi connectivity index (χ1n) is 14.1. The molecule has 1 heterocycles. The van der Waals surface area contributed by atoms with Gasteiger partial charge < -0.3 is 32.7 Å². The summed E-state index contributed by atoms with van der Waals surface area (Å²) in [7, 11) is 0.410. The molecule has 220 valence electrons. The van der Waals surface area contributed by atoms with Gasteiger partial charge in [0.15, 0.2) is 14.7 Å². The van der Waals surface area contributed by atoms with E-state index in [0.717, 1.165) is 16.7 Å². The van der Waals surface area contributed by atoms with Crippen molar-refractivity contribution in [2.75, 3.05) is 20.3 Å². The molecule has 0 saturated carbocycles. The molecule has 4 rings (SSSR count). The van der Waals surface area contributed by atoms with Crippen LogP contribution in [0.25, 0.3) is 0 Å². The number of benzene rings is 3. The molecule has 3 aromatic carbocycles. The molecule has 3 aromatic rings. The summed E-state index contributed by atoms with van der Waals surface area (Å²) < 4.78 is 43.7. The van der Waals surface area contributed by atoms with Gasteiger partial charge in [-0.25, -0.2) is 0 Å². The standard InChI is InChI=1S/C33H41O7P/c1-4-38-41(39-5-2)22-21-29-30(35-23-26-15-9-6-10-16-26)31(36-24-27-17-11-7-12-18-27)32(33(34-3)40-29)37-25-28-19-13-8-14-20-28/h6-22,29-33H,4-5,23-25H2,1-3H3/t29-,30-,31+,32+,33+/m1/s1. The maximum Gasteiger partial charge on any atom is 0.197 e. The molecule has 0 bridgehead atoms. The van der Waals surface area contributed by atoms with Gasteiger partial charge in [0.2, 0.25) is 0 Å². The minimum absolute atomic E-state index is 0.381. The Labute approximate surface area is 245 Å². The highest BCUT2D eigenvalue weighted by molar-refractivity contribution is 7.50. The molecule has 5 atom stereocenters. The van der Waals surface area contributed by atoms with Gasteiger partial charge in [0, 0.05) is 7.11 Å². The topological polar surface area (TPSA) is 64.6 Å². The second-order valence-electron chi connectivity index (χ2n) is 9.45. The number of methoxy groups -OCH3 is 1. The fraction of sp³-hybridized carbons (Fsp3) is 0.394. The van der Waals surface area contributed by atoms with Crippen LogP contribution in [-0.4, -0.2) is 51.0 Å². The molecule has 8 heteroatoms. The number of hydrogen-bond acceptors (Lipinski definition) is 7. The third-order valence-corrected chi connectivity index (χ3v) is 7.97. The lowest BCUT2D eigenvalue weighted by molar-refractivity contribution is -0.309. The first kappa shape index (κ1) is 31.5. The zero-order chi connectivity index (χ0) is 28.7. The summed E-state index contributed by atoms with van der Waals surface area (Å²) in [4.78, 5) is 0. The lowest BCUT2D eigenvalue weighted by atomic mass is 9.97. The molecular formula is C33H41O7P. The van der Waals surface area contributed by atoms with Crippen molar-refractivity contribution in [1.29, 1.82) is 0 Å². The SMILES string of the molecule is CCOP(C=C[C@H]1O[C@H](OC)[C@@H](OCc2ccccc2)[C@@H](OCc2ccccc2)[C@@H]1OCc1ccccc1)OCC. The summed E-state index contributed by atoms with van der Waals surface area (Å²) in [5, 5.41) is 0. The maximum atomic E-state index is 6.63. The van der Waals surface area contributed by atoms with Gasteiger partial charge in [-0.2, -0.15) is 0 Å². The molecular weight excluding hydrogens is 539 g/mol. The average molecular weight is 581 g/mol. The Hall–Kier alpha value is -2.45. The second kappa shape index (κ2) is 17.5. The van der Waals surface area contributed by atoms with Gasteiger partial charge in [-0.05, 0) is 42.4 Å². The van der Waals surface area contributed by atoms with Crippen LogP contribution in [0.15, 0.2) is 103 Å². The Morgan fingerprint density at radius 1 is 0.634 bits per heavy atom. The third kappa shape index (κ3) is 9.81. The quantitative estimate of drug-likeness (QED) is 0.169. The van der Waals surface area contributed by atoms with E-state index in [-0.39, 0.29) is 0 Å². The molecule has 41 heavy (non-hydrogen) atoms. The van der Waals surface area contributed by atoms with E-state index >= 15 is 0 Å². The van der Waals surface area contributed by atoms with E-state index in [1.165, 1.54) is 0 Å². The van der Waals surface area contributed by atoms with Crippen molar-refractivity contribution in [2.45, 2.75) is 64.4 Å². The van der Waals surface area contributed by atoms with Crippen LogP contribution in [0.1, 0.15) is 30.5 Å². The monoisotopic (exact) mass is 580 g/mol. The van der Waals surface area contributed by atoms with Gasteiger partial charge in [-0.1, -0.05) is 91.0 Å². The van der Waals surface area contributed by atoms with Crippen LogP contribution in [-0.2, 0) is 52.6 Å². The second-order valence-corrected chi connectivity index (χ2v) is 10.8. The molecule has 0 N–H and O–H groups in total. The van der Waals surface area contributed by atoms with E-state index in [9.17, 15) is 0 Å². The summed E-state index contributed by atoms with van der Waals surface area (Å²) >= 11 is 0. The van der Waals surface area contributed by atoms with Crippen molar-refractivity contribution in [3.63, 3.8) is 0 Å². The highest BCUT2D eigenvalue weighted by atomic mass is 31.2. The van der Waals surface area contributed by atoms with E-state index < -0.39 is 39.1 Å². The maximum absolute atomic E-state index is 6.63. The Kier molecular flexibility index (Phi) is 13.4. The first-order chi connectivity index (χ1) is 20.2. The highest BCUT2D eigenvalue weighted by Crippen LogP contribution is 2.41. The molecule has 0 amide bonds. The van der Waals surface area contributed by atoms with Gasteiger partial charge in [0.25, 0.3) is 0 Å². The van der Waals surface area contributed by atoms with Gasteiger partial charge in [0.1, 0.15) is 24.4 Å². The van der Waals surface area contributed by atoms with E-state index in [4.69, 9.17) is 32.7 Å². The third-order valence-electron chi connectivity index (χ3n) is 6.53. The molecule has 1 fully saturated rings. The molecule has 0 aromatic heterocycles. The Balaban J connectivity index is 1.63. The Morgan fingerprint density at radius 3 is 1.51 bits per heavy atom. The molecule has 0 radical (unpaired) electrons. The Bertz CT molecular complexity index is 1130. The predicted molar refractivity (Wildman–Crippen MR) is 160 cm³/mol. The van der Waals surface area contributed by atoms with E-state index in [1.54, 1.807) is 7.11 Å². The molecule has 7 nitrogen and oxygen atoms in total. The lowest BCUT2D eigenvalue weighted by Crippen LogP contribution is -2.60. The van der Waals surface area contributed by atoms with Crippen LogP contribution in [0.3, 0.4) is 0 Å². The van der Waals surface area contributed by atoms with Crippen molar-refractivity contribution in [3.8, 4) is 0 Å². The summed E-state index contributed by atoms with van der Waals surface area (Å²) in [6.45, 7) is 6.16. The minimum Gasteiger partial charge on any atom is -0.368 e. The lowest BCUT2D eigenvalue weighted by Gasteiger charge is -2.45. The highest BCUT2D eigenvalue weighted by Gasteiger charge is 2.48. The molecule has 1 saturated heterocycles. The van der Waals surface area contributed by atoms with Gasteiger partial charge in [0.05, 0.1) is 33.0 Å². The van der Waals surface area contributed by atoms with Crippen molar-refractivity contribution < 1.29 is 32.7 Å². The number of rotatable bonds is 16. The number of ether oxygens (including phenoxy) is 5. The largest absolute Gasteiger partial charge is 0.368 e. The molecule has 0 aliphatic carbocycles.